The Labute approximate surface area is 143 Å². The van der Waals surface area contributed by atoms with Crippen molar-refractivity contribution in [1.82, 2.24) is 4.90 Å². The zero-order valence-electron chi connectivity index (χ0n) is 14.3. The monoisotopic (exact) mass is 324 g/mol. The highest BCUT2D eigenvalue weighted by atomic mass is 16.4. The predicted molar refractivity (Wildman–Crippen MR) is 96.8 cm³/mol. The number of carbonyl (C=O) groups is 1. The molecule has 0 atom stereocenters. The van der Waals surface area contributed by atoms with E-state index in [1.165, 1.54) is 22.4 Å². The minimum Gasteiger partial charge on any atom is -0.478 e. The van der Waals surface area contributed by atoms with Gasteiger partial charge in [-0.3, -0.25) is 4.90 Å². The van der Waals surface area contributed by atoms with Crippen molar-refractivity contribution < 1.29 is 9.90 Å². The molecule has 0 amide bonds. The van der Waals surface area contributed by atoms with E-state index < -0.39 is 5.97 Å². The summed E-state index contributed by atoms with van der Waals surface area (Å²) in [5.74, 6) is -0.872. The highest BCUT2D eigenvalue weighted by molar-refractivity contribution is 5.87. The van der Waals surface area contributed by atoms with Crippen molar-refractivity contribution >= 4 is 11.7 Å². The van der Waals surface area contributed by atoms with Crippen LogP contribution in [0, 0.1) is 13.8 Å². The van der Waals surface area contributed by atoms with Crippen LogP contribution in [0.5, 0.6) is 0 Å². The van der Waals surface area contributed by atoms with Gasteiger partial charge in [-0.25, -0.2) is 4.79 Å². The second-order valence-electron chi connectivity index (χ2n) is 6.56. The fourth-order valence-electron chi connectivity index (χ4n) is 3.22. The summed E-state index contributed by atoms with van der Waals surface area (Å²) in [7, 11) is 0. The molecular weight excluding hydrogens is 300 g/mol. The molecule has 2 aromatic rings. The highest BCUT2D eigenvalue weighted by Gasteiger charge is 2.18. The Balaban J connectivity index is 1.59. The molecule has 0 radical (unpaired) electrons. The van der Waals surface area contributed by atoms with Crippen molar-refractivity contribution in [2.24, 2.45) is 0 Å². The Bertz CT molecular complexity index is 717. The predicted octanol–water partition coefficient (Wildman–Crippen LogP) is 3.32. The third-order valence-electron chi connectivity index (χ3n) is 4.68. The Morgan fingerprint density at radius 1 is 1.00 bits per heavy atom. The molecule has 126 valence electrons. The van der Waals surface area contributed by atoms with E-state index in [0.29, 0.717) is 5.56 Å². The van der Waals surface area contributed by atoms with E-state index in [1.807, 2.05) is 12.1 Å². The number of aromatic carboxylic acids is 1. The molecule has 0 saturated carbocycles. The van der Waals surface area contributed by atoms with E-state index in [9.17, 15) is 4.79 Å². The third-order valence-corrected chi connectivity index (χ3v) is 4.68. The lowest BCUT2D eigenvalue weighted by molar-refractivity contribution is 0.0697. The lowest BCUT2D eigenvalue weighted by atomic mass is 10.1. The molecule has 0 bridgehead atoms. The molecule has 0 aliphatic carbocycles. The van der Waals surface area contributed by atoms with E-state index in [2.05, 4.69) is 41.8 Å². The summed E-state index contributed by atoms with van der Waals surface area (Å²) in [5, 5.41) is 8.96. The summed E-state index contributed by atoms with van der Waals surface area (Å²) in [6.07, 6.45) is 0. The van der Waals surface area contributed by atoms with Crippen LogP contribution in [0.2, 0.25) is 0 Å². The Hall–Kier alpha value is -2.33. The standard InChI is InChI=1S/C20H24N2O2/c1-15-3-4-16(2)19(13-15)22-11-9-21(10-12-22)14-17-5-7-18(8-6-17)20(23)24/h3-8,13H,9-12,14H2,1-2H3,(H,23,24). The fourth-order valence-corrected chi connectivity index (χ4v) is 3.22. The van der Waals surface area contributed by atoms with Gasteiger partial charge in [-0.2, -0.15) is 0 Å². The second kappa shape index (κ2) is 7.05. The number of hydrogen-bond acceptors (Lipinski definition) is 3. The van der Waals surface area contributed by atoms with Crippen LogP contribution < -0.4 is 4.90 Å². The SMILES string of the molecule is Cc1ccc(C)c(N2CCN(Cc3ccc(C(=O)O)cc3)CC2)c1. The third kappa shape index (κ3) is 3.77. The fraction of sp³-hybridized carbons (Fsp3) is 0.350. The average Bonchev–Trinajstić information content (AvgIpc) is 2.58. The number of carboxylic acid groups (broad SMARTS) is 1. The maximum atomic E-state index is 10.9. The zero-order valence-corrected chi connectivity index (χ0v) is 14.3. The highest BCUT2D eigenvalue weighted by Crippen LogP contribution is 2.23. The van der Waals surface area contributed by atoms with Gasteiger partial charge >= 0.3 is 5.97 Å². The van der Waals surface area contributed by atoms with Crippen LogP contribution in [0.4, 0.5) is 5.69 Å². The van der Waals surface area contributed by atoms with Gasteiger partial charge in [0.2, 0.25) is 0 Å². The number of anilines is 1. The average molecular weight is 324 g/mol. The first-order valence-corrected chi connectivity index (χ1v) is 8.40. The maximum absolute atomic E-state index is 10.9. The van der Waals surface area contributed by atoms with E-state index >= 15 is 0 Å². The van der Waals surface area contributed by atoms with Gasteiger partial charge in [0.25, 0.3) is 0 Å². The molecule has 2 aromatic carbocycles. The van der Waals surface area contributed by atoms with Crippen LogP contribution in [0.3, 0.4) is 0 Å². The molecule has 4 nitrogen and oxygen atoms in total. The minimum atomic E-state index is -0.872. The van der Waals surface area contributed by atoms with Crippen molar-refractivity contribution in [2.75, 3.05) is 31.1 Å². The lowest BCUT2D eigenvalue weighted by Gasteiger charge is -2.37. The van der Waals surface area contributed by atoms with Crippen LogP contribution in [0.15, 0.2) is 42.5 Å². The molecule has 24 heavy (non-hydrogen) atoms. The number of nitrogens with zero attached hydrogens (tertiary/aromatic N) is 2. The summed E-state index contributed by atoms with van der Waals surface area (Å²) in [4.78, 5) is 15.8. The minimum absolute atomic E-state index is 0.346. The van der Waals surface area contributed by atoms with Gasteiger partial charge < -0.3 is 10.0 Å². The first-order valence-electron chi connectivity index (χ1n) is 8.40. The molecule has 1 fully saturated rings. The first kappa shape index (κ1) is 16.5. The molecule has 1 aliphatic rings. The number of rotatable bonds is 4. The van der Waals surface area contributed by atoms with Crippen molar-refractivity contribution in [1.29, 1.82) is 0 Å². The molecular formula is C20H24N2O2. The Kier molecular flexibility index (Phi) is 4.86. The molecule has 1 heterocycles. The van der Waals surface area contributed by atoms with E-state index in [0.717, 1.165) is 32.7 Å². The maximum Gasteiger partial charge on any atom is 0.335 e. The summed E-state index contributed by atoms with van der Waals surface area (Å²) >= 11 is 0. The van der Waals surface area contributed by atoms with Crippen molar-refractivity contribution in [3.8, 4) is 0 Å². The van der Waals surface area contributed by atoms with Crippen molar-refractivity contribution in [3.63, 3.8) is 0 Å². The van der Waals surface area contributed by atoms with E-state index in [4.69, 9.17) is 5.11 Å². The van der Waals surface area contributed by atoms with Crippen molar-refractivity contribution in [2.45, 2.75) is 20.4 Å². The molecule has 0 spiro atoms. The second-order valence-corrected chi connectivity index (χ2v) is 6.56. The molecule has 1 saturated heterocycles. The van der Waals surface area contributed by atoms with E-state index in [-0.39, 0.29) is 0 Å². The van der Waals surface area contributed by atoms with Gasteiger partial charge in [0.15, 0.2) is 0 Å². The zero-order chi connectivity index (χ0) is 17.1. The Morgan fingerprint density at radius 2 is 1.67 bits per heavy atom. The van der Waals surface area contributed by atoms with Gasteiger partial charge in [0.1, 0.15) is 0 Å². The normalized spacial score (nSPS) is 15.5. The molecule has 3 rings (SSSR count). The summed E-state index contributed by atoms with van der Waals surface area (Å²) < 4.78 is 0. The molecule has 0 aromatic heterocycles. The summed E-state index contributed by atoms with van der Waals surface area (Å²) in [6, 6.07) is 13.8. The van der Waals surface area contributed by atoms with Gasteiger partial charge in [-0.1, -0.05) is 24.3 Å². The largest absolute Gasteiger partial charge is 0.478 e. The van der Waals surface area contributed by atoms with Crippen LogP contribution in [0.1, 0.15) is 27.0 Å². The van der Waals surface area contributed by atoms with Crippen LogP contribution in [0.25, 0.3) is 0 Å². The molecule has 1 N–H and O–H groups in total. The number of piperazine rings is 1. The summed E-state index contributed by atoms with van der Waals surface area (Å²) in [5.41, 5.74) is 5.49. The van der Waals surface area contributed by atoms with Gasteiger partial charge in [0, 0.05) is 38.4 Å². The number of benzene rings is 2. The number of hydrogen-bond donors (Lipinski definition) is 1. The van der Waals surface area contributed by atoms with Gasteiger partial charge in [-0.05, 0) is 48.7 Å². The number of aryl methyl sites for hydroxylation is 2. The number of carboxylic acids is 1. The van der Waals surface area contributed by atoms with Crippen LogP contribution in [-0.4, -0.2) is 42.2 Å². The smallest absolute Gasteiger partial charge is 0.335 e. The van der Waals surface area contributed by atoms with Gasteiger partial charge in [-0.15, -0.1) is 0 Å². The summed E-state index contributed by atoms with van der Waals surface area (Å²) in [6.45, 7) is 9.28. The van der Waals surface area contributed by atoms with Crippen LogP contribution in [-0.2, 0) is 6.54 Å². The quantitative estimate of drug-likeness (QED) is 0.937. The molecule has 1 aliphatic heterocycles. The molecule has 0 unspecified atom stereocenters. The topological polar surface area (TPSA) is 43.8 Å². The van der Waals surface area contributed by atoms with Gasteiger partial charge in [0.05, 0.1) is 5.56 Å². The lowest BCUT2D eigenvalue weighted by Crippen LogP contribution is -2.46. The molecule has 4 heteroatoms. The van der Waals surface area contributed by atoms with E-state index in [1.54, 1.807) is 12.1 Å². The van der Waals surface area contributed by atoms with Crippen LogP contribution >= 0.6 is 0 Å². The first-order chi connectivity index (χ1) is 11.5. The van der Waals surface area contributed by atoms with Crippen molar-refractivity contribution in [3.05, 3.63) is 64.7 Å². The Morgan fingerprint density at radius 3 is 2.29 bits per heavy atom.